The molecule has 1 aromatic carbocycles. The Morgan fingerprint density at radius 3 is 2.35 bits per heavy atom. The maximum atomic E-state index is 13.2. The lowest BCUT2D eigenvalue weighted by atomic mass is 9.97. The first kappa shape index (κ1) is 24.7. The molecule has 7 nitrogen and oxygen atoms in total. The largest absolute Gasteiger partial charge is 0.573 e. The van der Waals surface area contributed by atoms with Crippen molar-refractivity contribution in [3.63, 3.8) is 0 Å². The molecule has 1 aliphatic rings. The molecule has 0 unspecified atom stereocenters. The van der Waals surface area contributed by atoms with Crippen molar-refractivity contribution in [3.05, 3.63) is 35.6 Å². The summed E-state index contributed by atoms with van der Waals surface area (Å²) in [5, 5.41) is 0. The van der Waals surface area contributed by atoms with Gasteiger partial charge in [0.1, 0.15) is 11.3 Å². The van der Waals surface area contributed by atoms with Gasteiger partial charge in [-0.05, 0) is 38.3 Å². The second-order valence-corrected chi connectivity index (χ2v) is 8.92. The molecule has 0 aliphatic heterocycles. The zero-order chi connectivity index (χ0) is 23.4. The third-order valence-corrected chi connectivity index (χ3v) is 5.55. The predicted octanol–water partition coefficient (Wildman–Crippen LogP) is 3.84. The number of benzene rings is 1. The second-order valence-electron chi connectivity index (χ2n) is 7.02. The van der Waals surface area contributed by atoms with Crippen molar-refractivity contribution in [1.29, 1.82) is 0 Å². The minimum absolute atomic E-state index is 0.0876. The van der Waals surface area contributed by atoms with E-state index < -0.39 is 33.7 Å². The van der Waals surface area contributed by atoms with Crippen LogP contribution in [-0.2, 0) is 19.6 Å². The molecule has 11 heteroatoms. The number of Topliss-reactive ketones (excluding diaryl/α,β-unsaturated/α-hetero) is 2. The summed E-state index contributed by atoms with van der Waals surface area (Å²) in [6, 6.07) is 2.75. The Bertz CT molecular complexity index is 968. The number of hydrogen-bond acceptors (Lipinski definition) is 6. The number of rotatable bonds is 11. The number of halogens is 3. The first-order valence-corrected chi connectivity index (χ1v) is 11.5. The van der Waals surface area contributed by atoms with Crippen LogP contribution < -0.4 is 9.04 Å². The number of carbonyl (C=O) groups is 2. The molecule has 31 heavy (non-hydrogen) atoms. The first-order chi connectivity index (χ1) is 14.4. The van der Waals surface area contributed by atoms with Crippen LogP contribution in [0.5, 0.6) is 5.75 Å². The molecule has 1 saturated carbocycles. The predicted molar refractivity (Wildman–Crippen MR) is 107 cm³/mol. The molecule has 0 spiro atoms. The standard InChI is InChI=1S/C20H24F3NO6S/c1-4-10-24(31(3,27)28)17-11-14(30-20(21,22)23)8-9-15(17)19(26)16(12-29-5-2)18(25)13-6-7-13/h8-9,11-13H,4-7,10H2,1-3H3/b16-12-. The smallest absolute Gasteiger partial charge is 0.501 e. The summed E-state index contributed by atoms with van der Waals surface area (Å²) in [6.45, 7) is 3.43. The van der Waals surface area contributed by atoms with Gasteiger partial charge in [-0.1, -0.05) is 6.92 Å². The van der Waals surface area contributed by atoms with Gasteiger partial charge in [0.25, 0.3) is 0 Å². The van der Waals surface area contributed by atoms with Crippen molar-refractivity contribution in [2.45, 2.75) is 39.5 Å². The lowest BCUT2D eigenvalue weighted by Gasteiger charge is -2.25. The Morgan fingerprint density at radius 2 is 1.87 bits per heavy atom. The molecule has 0 radical (unpaired) electrons. The number of hydrogen-bond donors (Lipinski definition) is 0. The number of nitrogens with zero attached hydrogens (tertiary/aromatic N) is 1. The van der Waals surface area contributed by atoms with Crippen LogP contribution in [0, 0.1) is 5.92 Å². The van der Waals surface area contributed by atoms with Crippen LogP contribution in [0.1, 0.15) is 43.5 Å². The number of sulfonamides is 1. The molecule has 0 bridgehead atoms. The molecular formula is C20H24F3NO6S. The highest BCUT2D eigenvalue weighted by Gasteiger charge is 2.37. The number of anilines is 1. The minimum Gasteiger partial charge on any atom is -0.501 e. The van der Waals surface area contributed by atoms with Gasteiger partial charge in [-0.15, -0.1) is 13.2 Å². The van der Waals surface area contributed by atoms with Crippen LogP contribution in [0.15, 0.2) is 30.0 Å². The van der Waals surface area contributed by atoms with Crippen molar-refractivity contribution in [2.24, 2.45) is 5.92 Å². The summed E-state index contributed by atoms with van der Waals surface area (Å²) in [5.41, 5.74) is -0.824. The molecule has 0 amide bonds. The zero-order valence-corrected chi connectivity index (χ0v) is 18.2. The molecule has 1 aromatic rings. The molecule has 0 atom stereocenters. The highest BCUT2D eigenvalue weighted by atomic mass is 32.2. The molecule has 2 rings (SSSR count). The van der Waals surface area contributed by atoms with E-state index >= 15 is 0 Å². The molecule has 0 aromatic heterocycles. The van der Waals surface area contributed by atoms with Crippen LogP contribution in [-0.4, -0.2) is 45.8 Å². The summed E-state index contributed by atoms with van der Waals surface area (Å²) in [7, 11) is -3.95. The van der Waals surface area contributed by atoms with E-state index in [-0.39, 0.29) is 35.9 Å². The second kappa shape index (κ2) is 9.71. The average molecular weight is 463 g/mol. The number of alkyl halides is 3. The van der Waals surface area contributed by atoms with E-state index in [2.05, 4.69) is 4.74 Å². The first-order valence-electron chi connectivity index (χ1n) is 9.67. The Kier molecular flexibility index (Phi) is 7.74. The fourth-order valence-electron chi connectivity index (χ4n) is 2.88. The lowest BCUT2D eigenvalue weighted by molar-refractivity contribution is -0.274. The van der Waals surface area contributed by atoms with E-state index in [0.717, 1.165) is 35.0 Å². The summed E-state index contributed by atoms with van der Waals surface area (Å²) < 4.78 is 72.6. The maximum absolute atomic E-state index is 13.2. The maximum Gasteiger partial charge on any atom is 0.573 e. The quantitative estimate of drug-likeness (QED) is 0.163. The number of ether oxygens (including phenoxy) is 2. The van der Waals surface area contributed by atoms with Crippen molar-refractivity contribution < 1.29 is 40.7 Å². The third-order valence-electron chi connectivity index (χ3n) is 4.37. The van der Waals surface area contributed by atoms with Gasteiger partial charge in [-0.25, -0.2) is 8.42 Å². The Balaban J connectivity index is 2.63. The lowest BCUT2D eigenvalue weighted by Crippen LogP contribution is -2.32. The number of ketones is 2. The molecule has 1 aliphatic carbocycles. The van der Waals surface area contributed by atoms with Crippen molar-refractivity contribution in [1.82, 2.24) is 0 Å². The minimum atomic E-state index is -5.01. The van der Waals surface area contributed by atoms with E-state index in [4.69, 9.17) is 4.74 Å². The Labute approximate surface area is 178 Å². The topological polar surface area (TPSA) is 90.0 Å². The van der Waals surface area contributed by atoms with Gasteiger partial charge in [0.15, 0.2) is 5.78 Å². The van der Waals surface area contributed by atoms with Crippen LogP contribution in [0.3, 0.4) is 0 Å². The molecule has 172 valence electrons. The van der Waals surface area contributed by atoms with Crippen LogP contribution in [0.25, 0.3) is 0 Å². The Morgan fingerprint density at radius 1 is 1.23 bits per heavy atom. The van der Waals surface area contributed by atoms with E-state index in [1.165, 1.54) is 0 Å². The molecule has 0 N–H and O–H groups in total. The van der Waals surface area contributed by atoms with Crippen molar-refractivity contribution >= 4 is 27.3 Å². The number of carbonyl (C=O) groups excluding carboxylic acids is 2. The van der Waals surface area contributed by atoms with Gasteiger partial charge in [-0.3, -0.25) is 13.9 Å². The van der Waals surface area contributed by atoms with Gasteiger partial charge >= 0.3 is 6.36 Å². The fourth-order valence-corrected chi connectivity index (χ4v) is 3.90. The van der Waals surface area contributed by atoms with Crippen molar-refractivity contribution in [2.75, 3.05) is 23.7 Å². The molecular weight excluding hydrogens is 439 g/mol. The van der Waals surface area contributed by atoms with Crippen LogP contribution in [0.4, 0.5) is 18.9 Å². The summed E-state index contributed by atoms with van der Waals surface area (Å²) >= 11 is 0. The summed E-state index contributed by atoms with van der Waals surface area (Å²) in [4.78, 5) is 25.8. The van der Waals surface area contributed by atoms with E-state index in [1.54, 1.807) is 13.8 Å². The van der Waals surface area contributed by atoms with Gasteiger partial charge in [0, 0.05) is 24.1 Å². The van der Waals surface area contributed by atoms with Gasteiger partial charge in [0.05, 0.1) is 24.8 Å². The normalized spacial score (nSPS) is 14.8. The average Bonchev–Trinajstić information content (AvgIpc) is 3.49. The number of allylic oxidation sites excluding steroid dienone is 1. The zero-order valence-electron chi connectivity index (χ0n) is 17.4. The van der Waals surface area contributed by atoms with E-state index in [9.17, 15) is 31.2 Å². The monoisotopic (exact) mass is 463 g/mol. The van der Waals surface area contributed by atoms with Crippen molar-refractivity contribution in [3.8, 4) is 5.75 Å². The van der Waals surface area contributed by atoms with Crippen LogP contribution >= 0.6 is 0 Å². The molecule has 0 heterocycles. The highest BCUT2D eigenvalue weighted by molar-refractivity contribution is 7.92. The Hall–Kier alpha value is -2.56. The van der Waals surface area contributed by atoms with E-state index in [0.29, 0.717) is 19.3 Å². The van der Waals surface area contributed by atoms with Gasteiger partial charge in [0.2, 0.25) is 15.8 Å². The SMILES string of the molecule is CCCN(c1cc(OC(F)(F)F)ccc1C(=O)/C(=C\OCC)C(=O)C1CC1)S(C)(=O)=O. The highest BCUT2D eigenvalue weighted by Crippen LogP contribution is 2.36. The third kappa shape index (κ3) is 6.71. The summed E-state index contributed by atoms with van der Waals surface area (Å²) in [6.07, 6.45) is -1.55. The van der Waals surface area contributed by atoms with Gasteiger partial charge < -0.3 is 9.47 Å². The fraction of sp³-hybridized carbons (Fsp3) is 0.500. The van der Waals surface area contributed by atoms with Crippen LogP contribution in [0.2, 0.25) is 0 Å². The van der Waals surface area contributed by atoms with E-state index in [1.807, 2.05) is 0 Å². The molecule has 0 saturated heterocycles. The van der Waals surface area contributed by atoms with Gasteiger partial charge in [-0.2, -0.15) is 0 Å². The molecule has 1 fully saturated rings. The summed E-state index contributed by atoms with van der Waals surface area (Å²) in [5.74, 6) is -2.29.